The quantitative estimate of drug-likeness (QED) is 0.0346. The number of cyclic esters (lactones) is 1. The molecule has 560 valence electrons. The molecular formula is C88H121N3O12. The molecule has 3 heterocycles. The van der Waals surface area contributed by atoms with Crippen molar-refractivity contribution in [3.8, 4) is 11.1 Å². The Labute approximate surface area is 615 Å². The summed E-state index contributed by atoms with van der Waals surface area (Å²) in [4.78, 5) is 113. The minimum atomic E-state index is -1.20. The molecule has 103 heavy (non-hydrogen) atoms. The van der Waals surface area contributed by atoms with Crippen molar-refractivity contribution in [3.63, 3.8) is 0 Å². The van der Waals surface area contributed by atoms with Gasteiger partial charge in [-0.25, -0.2) is 19.4 Å². The number of amidine groups is 1. The summed E-state index contributed by atoms with van der Waals surface area (Å²) in [5.74, 6) is -5.36. The summed E-state index contributed by atoms with van der Waals surface area (Å²) in [5, 5.41) is 13.9. The van der Waals surface area contributed by atoms with Gasteiger partial charge in [0.25, 0.3) is 0 Å². The maximum atomic E-state index is 17.2. The summed E-state index contributed by atoms with van der Waals surface area (Å²) in [6.45, 7) is 43.6. The molecule has 2 fully saturated rings. The Bertz CT molecular complexity index is 3770. The van der Waals surface area contributed by atoms with Gasteiger partial charge in [0, 0.05) is 68.9 Å². The van der Waals surface area contributed by atoms with Crippen LogP contribution in [0.15, 0.2) is 119 Å². The molecule has 5 unspecified atom stereocenters. The normalized spacial score (nSPS) is 24.0. The smallest absolute Gasteiger partial charge is 0.342 e. The number of carboxylic acids is 1. The van der Waals surface area contributed by atoms with Crippen molar-refractivity contribution >= 4 is 58.5 Å². The number of ether oxygens (including phenoxy) is 4. The molecular weight excluding hydrogens is 1290 g/mol. The van der Waals surface area contributed by atoms with E-state index >= 15 is 24.0 Å². The van der Waals surface area contributed by atoms with Gasteiger partial charge in [0.15, 0.2) is 6.73 Å². The third-order valence-electron chi connectivity index (χ3n) is 23.8. The van der Waals surface area contributed by atoms with Crippen molar-refractivity contribution in [1.29, 1.82) is 0 Å². The van der Waals surface area contributed by atoms with Crippen molar-refractivity contribution < 1.29 is 57.6 Å². The van der Waals surface area contributed by atoms with Gasteiger partial charge in [-0.05, 0) is 134 Å². The van der Waals surface area contributed by atoms with E-state index in [1.807, 2.05) is 119 Å². The molecule has 15 heteroatoms. The largest absolute Gasteiger partial charge is 0.481 e. The van der Waals surface area contributed by atoms with E-state index in [0.717, 1.165) is 25.7 Å². The predicted octanol–water partition coefficient (Wildman–Crippen LogP) is 19.6. The number of carboxylic acid groups (broad SMARTS) is 1. The van der Waals surface area contributed by atoms with Gasteiger partial charge in [-0.2, -0.15) is 0 Å². The summed E-state index contributed by atoms with van der Waals surface area (Å²) in [6, 6.07) is 28.4. The van der Waals surface area contributed by atoms with E-state index in [0.29, 0.717) is 103 Å². The highest BCUT2D eigenvalue weighted by Crippen LogP contribution is 2.54. The SMILES string of the molecule is C=C(C)C(=O)OCCCC(CC)(CC)C(=O)Cc1c(C(=O)OC2C(C(C)(C)C)CC(C)CC2C(C)(C)C)c(-c2ccccc2)c2n1COC(=O)C(CC(=O)O)CCCCC(CC)(CC)C(=O)NC1=N/C(=C\2c2ccccc2)C(c2ccccc2)=C1C(=O)OC1C(C(C)(C)C)CC(C)CC1C(C)(C)C. The third-order valence-corrected chi connectivity index (χ3v) is 23.8. The first-order valence-electron chi connectivity index (χ1n) is 38.3. The van der Waals surface area contributed by atoms with Crippen molar-refractivity contribution in [3.05, 3.63) is 142 Å². The first-order valence-corrected chi connectivity index (χ1v) is 38.3. The van der Waals surface area contributed by atoms with Crippen LogP contribution in [0.5, 0.6) is 0 Å². The summed E-state index contributed by atoms with van der Waals surface area (Å²) in [5.41, 5.74) is 0.276. The summed E-state index contributed by atoms with van der Waals surface area (Å²) < 4.78 is 28.8. The minimum absolute atomic E-state index is 0.0170. The first kappa shape index (κ1) is 81.0. The van der Waals surface area contributed by atoms with Crippen LogP contribution in [-0.4, -0.2) is 75.9 Å². The third kappa shape index (κ3) is 18.3. The number of hydrogen-bond donors (Lipinski definition) is 2. The number of rotatable bonds is 21. The molecule has 0 spiro atoms. The lowest BCUT2D eigenvalue weighted by Gasteiger charge is -2.50. The molecule has 8 rings (SSSR count). The molecule has 0 radical (unpaired) electrons. The second-order valence-electron chi connectivity index (χ2n) is 35.0. The van der Waals surface area contributed by atoms with Crippen LogP contribution in [0.2, 0.25) is 0 Å². The number of fused-ring (bicyclic) bond motifs is 2. The number of hydrogen-bond acceptors (Lipinski definition) is 12. The van der Waals surface area contributed by atoms with Crippen LogP contribution in [-0.2, 0) is 60.9 Å². The summed E-state index contributed by atoms with van der Waals surface area (Å²) >= 11 is 0. The summed E-state index contributed by atoms with van der Waals surface area (Å²) in [7, 11) is 0. The number of aromatic nitrogens is 1. The van der Waals surface area contributed by atoms with Crippen molar-refractivity contribution in [2.24, 2.45) is 78.9 Å². The van der Waals surface area contributed by atoms with E-state index in [9.17, 15) is 14.7 Å². The Morgan fingerprint density at radius 3 is 1.57 bits per heavy atom. The van der Waals surface area contributed by atoms with Gasteiger partial charge in [0.05, 0.1) is 35.9 Å². The number of amides is 1. The lowest BCUT2D eigenvalue weighted by molar-refractivity contribution is -0.164. The van der Waals surface area contributed by atoms with E-state index < -0.39 is 78.4 Å². The molecule has 1 aromatic heterocycles. The number of Topliss-reactive ketones (excluding diaryl/α,β-unsaturated/α-hetero) is 1. The zero-order chi connectivity index (χ0) is 75.9. The standard InChI is InChI=1S/C88H121N3O12/c1-21-87(22-2,45-36-46-100-78(95)54(5)6)66(92)52-65-71(80(97)102-75-61(83(9,10)11)47-55(7)48-62(75)84(12,13)14)69(58-39-30-26-31-40-58)74-70(59-41-32-27-33-42-59)73-68(57-37-28-25-29-38-57)72(81(98)103-76-63(85(15,16)17)49-56(8)50-64(76)86(18,19)20)77(89-73)90-82(99)88(23-3,24-4)44-35-34-43-60(51-67(93)94)79(96)101-53-91(65)74/h25-33,37-42,55-56,60-64,75-76H,5,21-24,34-36,43-53H2,1-4,6-20H3,(H,93,94)(H,89,90,99)/b73-70-. The monoisotopic (exact) mass is 1410 g/mol. The topological polar surface area (TPSA) is 206 Å². The number of nitrogens with one attached hydrogen (secondary N) is 1. The van der Waals surface area contributed by atoms with Crippen molar-refractivity contribution in [1.82, 2.24) is 9.88 Å². The second kappa shape index (κ2) is 33.2. The van der Waals surface area contributed by atoms with Gasteiger partial charge in [0.2, 0.25) is 5.91 Å². The van der Waals surface area contributed by atoms with E-state index in [4.69, 9.17) is 23.9 Å². The van der Waals surface area contributed by atoms with E-state index in [-0.39, 0.29) is 110 Å². The molecule has 1 amide bonds. The van der Waals surface area contributed by atoms with Gasteiger partial charge in [-0.3, -0.25) is 19.2 Å². The maximum absolute atomic E-state index is 17.2. The predicted molar refractivity (Wildman–Crippen MR) is 409 cm³/mol. The molecule has 15 nitrogen and oxygen atoms in total. The van der Waals surface area contributed by atoms with Crippen LogP contribution in [0.3, 0.4) is 0 Å². The minimum Gasteiger partial charge on any atom is -0.481 e. The number of benzene rings is 3. The van der Waals surface area contributed by atoms with E-state index in [1.54, 1.807) is 11.5 Å². The molecule has 3 aromatic carbocycles. The number of carbonyl (C=O) groups is 7. The molecule has 2 aliphatic heterocycles. The molecule has 4 aliphatic rings. The van der Waals surface area contributed by atoms with Gasteiger partial charge < -0.3 is 33.9 Å². The number of carbonyl (C=O) groups excluding carboxylic acids is 6. The lowest BCUT2D eigenvalue weighted by Crippen LogP contribution is -2.50. The Morgan fingerprint density at radius 1 is 0.660 bits per heavy atom. The molecule has 0 saturated heterocycles. The number of ketones is 1. The lowest BCUT2D eigenvalue weighted by atomic mass is 9.59. The van der Waals surface area contributed by atoms with E-state index in [2.05, 4.69) is 109 Å². The Balaban J connectivity index is 1.62. The van der Waals surface area contributed by atoms with Crippen LogP contribution in [0.25, 0.3) is 22.3 Å². The maximum Gasteiger partial charge on any atom is 0.342 e. The van der Waals surface area contributed by atoms with Gasteiger partial charge in [-0.15, -0.1) is 0 Å². The molecule has 2 saturated carbocycles. The highest BCUT2D eigenvalue weighted by Gasteiger charge is 2.52. The Kier molecular flexibility index (Phi) is 26.1. The Morgan fingerprint density at radius 2 is 1.13 bits per heavy atom. The molecule has 5 atom stereocenters. The number of esters is 4. The van der Waals surface area contributed by atoms with Crippen molar-refractivity contribution in [2.45, 2.75) is 253 Å². The first-order chi connectivity index (χ1) is 48.4. The molecule has 4 aromatic rings. The number of aliphatic carboxylic acids is 1. The van der Waals surface area contributed by atoms with Crippen LogP contribution in [0.4, 0.5) is 0 Å². The summed E-state index contributed by atoms with van der Waals surface area (Å²) in [6.07, 6.45) is 4.56. The van der Waals surface area contributed by atoms with Gasteiger partial charge >= 0.3 is 29.8 Å². The van der Waals surface area contributed by atoms with Crippen LogP contribution in [0, 0.1) is 73.9 Å². The van der Waals surface area contributed by atoms with Crippen LogP contribution < -0.4 is 5.32 Å². The van der Waals surface area contributed by atoms with Crippen molar-refractivity contribution in [2.75, 3.05) is 6.61 Å². The van der Waals surface area contributed by atoms with Gasteiger partial charge in [-0.1, -0.05) is 235 Å². The zero-order valence-corrected chi connectivity index (χ0v) is 65.6. The fourth-order valence-corrected chi connectivity index (χ4v) is 17.3. The van der Waals surface area contributed by atoms with Crippen LogP contribution in [0.1, 0.15) is 261 Å². The highest BCUT2D eigenvalue weighted by atomic mass is 16.6. The fourth-order valence-electron chi connectivity index (χ4n) is 17.3. The number of nitrogens with zero attached hydrogens (tertiary/aromatic N) is 2. The average Bonchev–Trinajstić information content (AvgIpc) is 1.58. The average molecular weight is 1410 g/mol. The molecule has 2 bridgehead atoms. The number of allylic oxidation sites excluding steroid dienone is 1. The fraction of sp³-hybridized carbons (Fsp3) is 0.591. The second-order valence-corrected chi connectivity index (χ2v) is 35.0. The number of aliphatic imine (C=N–C) groups is 1. The Hall–Kier alpha value is -7.68. The van der Waals surface area contributed by atoms with E-state index in [1.165, 1.54) is 0 Å². The highest BCUT2D eigenvalue weighted by molar-refractivity contribution is 6.32. The van der Waals surface area contributed by atoms with Gasteiger partial charge in [0.1, 0.15) is 29.4 Å². The zero-order valence-electron chi connectivity index (χ0n) is 65.6. The molecule has 2 aliphatic carbocycles. The molecule has 2 N–H and O–H groups in total. The van der Waals surface area contributed by atoms with Crippen LogP contribution >= 0.6 is 0 Å².